The molecule has 1 aliphatic carbocycles. The molecular weight excluding hydrogens is 358 g/mol. The summed E-state index contributed by atoms with van der Waals surface area (Å²) in [6.07, 6.45) is 6.28. The van der Waals surface area contributed by atoms with Gasteiger partial charge < -0.3 is 10.1 Å². The number of aryl methyl sites for hydroxylation is 1. The summed E-state index contributed by atoms with van der Waals surface area (Å²) < 4.78 is 6.72. The molecule has 0 bridgehead atoms. The number of rotatable bonds is 4. The maximum absolute atomic E-state index is 5.56. The van der Waals surface area contributed by atoms with E-state index in [1.54, 1.807) is 17.7 Å². The normalized spacial score (nSPS) is 18.2. The summed E-state index contributed by atoms with van der Waals surface area (Å²) in [5.41, 5.74) is 4.07. The fourth-order valence-corrected chi connectivity index (χ4v) is 5.37. The van der Waals surface area contributed by atoms with Crippen molar-refractivity contribution in [3.8, 4) is 0 Å². The number of H-pyrrole nitrogens is 1. The minimum Gasteiger partial charge on any atom is -0.373 e. The molecule has 0 saturated carbocycles. The Morgan fingerprint density at radius 1 is 1.26 bits per heavy atom. The number of pyridine rings is 1. The van der Waals surface area contributed by atoms with E-state index in [2.05, 4.69) is 39.0 Å². The monoisotopic (exact) mass is 384 g/mol. The van der Waals surface area contributed by atoms with Crippen molar-refractivity contribution in [1.82, 2.24) is 9.97 Å². The van der Waals surface area contributed by atoms with Crippen LogP contribution in [0.1, 0.15) is 37.8 Å². The largest absolute Gasteiger partial charge is 0.373 e. The number of thiophene rings is 1. The molecule has 2 N–H and O–H groups in total. The quantitative estimate of drug-likeness (QED) is 0.748. The first-order chi connectivity index (χ1) is 13.3. The van der Waals surface area contributed by atoms with Crippen LogP contribution in [-0.4, -0.2) is 42.3 Å². The molecule has 6 nitrogen and oxygen atoms in total. The Kier molecular flexibility index (Phi) is 4.36. The van der Waals surface area contributed by atoms with Crippen LogP contribution in [0.15, 0.2) is 6.33 Å². The first-order valence-electron chi connectivity index (χ1n) is 9.99. The average molecular weight is 385 g/mol. The molecule has 1 saturated heterocycles. The minimum absolute atomic E-state index is 0.395. The van der Waals surface area contributed by atoms with Gasteiger partial charge in [-0.2, -0.15) is 0 Å². The van der Waals surface area contributed by atoms with Crippen LogP contribution in [-0.2, 0) is 17.6 Å². The number of aromatic nitrogens is 3. The van der Waals surface area contributed by atoms with Crippen molar-refractivity contribution < 1.29 is 9.72 Å². The second kappa shape index (κ2) is 6.87. The number of hydrogen-bond donors (Lipinski definition) is 1. The number of fused-ring (bicyclic) bond motifs is 5. The molecule has 3 aromatic rings. The molecule has 4 heterocycles. The summed E-state index contributed by atoms with van der Waals surface area (Å²) in [7, 11) is 0. The van der Waals surface area contributed by atoms with Gasteiger partial charge in [-0.25, -0.2) is 15.0 Å². The molecular formula is C20H26N5OS+. The Hall–Kier alpha value is -1.99. The number of hydrogen-bond acceptors (Lipinski definition) is 6. The predicted octanol–water partition coefficient (Wildman–Crippen LogP) is 3.19. The molecule has 5 rings (SSSR count). The van der Waals surface area contributed by atoms with Gasteiger partial charge in [0, 0.05) is 11.6 Å². The van der Waals surface area contributed by atoms with Crippen LogP contribution in [0.2, 0.25) is 0 Å². The lowest BCUT2D eigenvalue weighted by Gasteiger charge is -2.23. The molecule has 0 amide bonds. The lowest BCUT2D eigenvalue weighted by Crippen LogP contribution is -2.40. The number of aromatic amines is 1. The first-order valence-corrected chi connectivity index (χ1v) is 10.8. The fourth-order valence-electron chi connectivity index (χ4n) is 4.24. The third-order valence-electron chi connectivity index (χ3n) is 5.83. The zero-order valence-electron chi connectivity index (χ0n) is 16.0. The van der Waals surface area contributed by atoms with Gasteiger partial charge in [0.1, 0.15) is 29.9 Å². The molecule has 7 heteroatoms. The molecule has 0 spiro atoms. The highest BCUT2D eigenvalue weighted by Crippen LogP contribution is 2.41. The van der Waals surface area contributed by atoms with E-state index in [4.69, 9.17) is 4.74 Å². The summed E-state index contributed by atoms with van der Waals surface area (Å²) in [5.74, 6) is 2.26. The van der Waals surface area contributed by atoms with Gasteiger partial charge in [-0.1, -0.05) is 18.3 Å². The summed E-state index contributed by atoms with van der Waals surface area (Å²) in [6, 6.07) is 0.395. The van der Waals surface area contributed by atoms with Crippen molar-refractivity contribution in [2.24, 2.45) is 0 Å². The molecule has 142 valence electrons. The smallest absolute Gasteiger partial charge is 0.279 e. The van der Waals surface area contributed by atoms with Gasteiger partial charge in [0.05, 0.1) is 24.1 Å². The highest BCUT2D eigenvalue weighted by Gasteiger charge is 2.31. The van der Waals surface area contributed by atoms with E-state index in [9.17, 15) is 0 Å². The van der Waals surface area contributed by atoms with Gasteiger partial charge in [0.15, 0.2) is 4.83 Å². The zero-order chi connectivity index (χ0) is 18.4. The molecule has 0 aromatic carbocycles. The van der Waals surface area contributed by atoms with Crippen molar-refractivity contribution in [3.05, 3.63) is 17.5 Å². The van der Waals surface area contributed by atoms with E-state index in [1.807, 2.05) is 0 Å². The molecule has 1 atom stereocenters. The molecule has 1 fully saturated rings. The van der Waals surface area contributed by atoms with Crippen LogP contribution in [0, 0.1) is 0 Å². The SMILES string of the molecule is CC[C@H](C)Nc1ncnc2c1sc1[nH+]c(N3CCOCC3)c3c(c12)CCC3. The van der Waals surface area contributed by atoms with Crippen LogP contribution in [0.4, 0.5) is 11.6 Å². The fraction of sp³-hybridized carbons (Fsp3) is 0.550. The maximum Gasteiger partial charge on any atom is 0.279 e. The van der Waals surface area contributed by atoms with Crippen LogP contribution in [0.5, 0.6) is 0 Å². The predicted molar refractivity (Wildman–Crippen MR) is 110 cm³/mol. The minimum atomic E-state index is 0.395. The van der Waals surface area contributed by atoms with Crippen LogP contribution >= 0.6 is 11.3 Å². The average Bonchev–Trinajstić information content (AvgIpc) is 3.32. The Bertz CT molecular complexity index is 995. The molecule has 0 unspecified atom stereocenters. The number of anilines is 2. The van der Waals surface area contributed by atoms with E-state index >= 15 is 0 Å². The topological polar surface area (TPSA) is 64.4 Å². The highest BCUT2D eigenvalue weighted by atomic mass is 32.1. The molecule has 3 aromatic heterocycles. The lowest BCUT2D eigenvalue weighted by molar-refractivity contribution is -0.328. The van der Waals surface area contributed by atoms with Crippen molar-refractivity contribution in [3.63, 3.8) is 0 Å². The van der Waals surface area contributed by atoms with Crippen molar-refractivity contribution >= 4 is 43.4 Å². The molecule has 27 heavy (non-hydrogen) atoms. The van der Waals surface area contributed by atoms with Gasteiger partial charge in [-0.3, -0.25) is 4.90 Å². The number of nitrogens with one attached hydrogen (secondary N) is 2. The maximum atomic E-state index is 5.56. The van der Waals surface area contributed by atoms with Crippen molar-refractivity contribution in [2.75, 3.05) is 36.5 Å². The van der Waals surface area contributed by atoms with Gasteiger partial charge in [0.25, 0.3) is 5.82 Å². The van der Waals surface area contributed by atoms with Crippen LogP contribution < -0.4 is 15.2 Å². The Morgan fingerprint density at radius 2 is 2.07 bits per heavy atom. The molecule has 1 aliphatic heterocycles. The van der Waals surface area contributed by atoms with E-state index in [0.29, 0.717) is 6.04 Å². The highest BCUT2D eigenvalue weighted by molar-refractivity contribution is 7.25. The molecule has 0 radical (unpaired) electrons. The third-order valence-corrected chi connectivity index (χ3v) is 6.93. The van der Waals surface area contributed by atoms with Gasteiger partial charge in [-0.15, -0.1) is 0 Å². The second-order valence-electron chi connectivity index (χ2n) is 7.54. The first kappa shape index (κ1) is 17.1. The Morgan fingerprint density at radius 3 is 2.89 bits per heavy atom. The Balaban J connectivity index is 1.71. The number of morpholine rings is 1. The third kappa shape index (κ3) is 2.84. The number of nitrogens with zero attached hydrogens (tertiary/aromatic N) is 3. The second-order valence-corrected chi connectivity index (χ2v) is 8.56. The summed E-state index contributed by atoms with van der Waals surface area (Å²) in [4.78, 5) is 16.7. The summed E-state index contributed by atoms with van der Waals surface area (Å²) in [5, 5.41) is 4.87. The van der Waals surface area contributed by atoms with E-state index in [0.717, 1.165) is 61.6 Å². The van der Waals surface area contributed by atoms with Crippen LogP contribution in [0.3, 0.4) is 0 Å². The van der Waals surface area contributed by atoms with Gasteiger partial charge in [-0.05, 0) is 38.2 Å². The lowest BCUT2D eigenvalue weighted by atomic mass is 10.1. The van der Waals surface area contributed by atoms with Gasteiger partial charge >= 0.3 is 0 Å². The zero-order valence-corrected chi connectivity index (χ0v) is 16.8. The van der Waals surface area contributed by atoms with Crippen molar-refractivity contribution in [1.29, 1.82) is 0 Å². The van der Waals surface area contributed by atoms with E-state index in [1.165, 1.54) is 33.6 Å². The van der Waals surface area contributed by atoms with E-state index < -0.39 is 0 Å². The van der Waals surface area contributed by atoms with Gasteiger partial charge in [0.2, 0.25) is 0 Å². The number of ether oxygens (including phenoxy) is 1. The Labute approximate surface area is 163 Å². The summed E-state index contributed by atoms with van der Waals surface area (Å²) >= 11 is 1.78. The summed E-state index contributed by atoms with van der Waals surface area (Å²) in [6.45, 7) is 7.92. The standard InChI is InChI=1S/C20H25N5OS/c1-3-12(2)23-18-17-16(21-11-22-18)15-13-5-4-6-14(13)19(24-20(15)27-17)25-7-9-26-10-8-25/h11-12H,3-10H2,1-2H3,(H,21,22,23)/p+1/t12-/m0/s1. The van der Waals surface area contributed by atoms with E-state index in [-0.39, 0.29) is 0 Å². The molecule has 2 aliphatic rings. The van der Waals surface area contributed by atoms with Crippen LogP contribution in [0.25, 0.3) is 20.4 Å². The van der Waals surface area contributed by atoms with Crippen molar-refractivity contribution in [2.45, 2.75) is 45.6 Å².